The Morgan fingerprint density at radius 1 is 0.960 bits per heavy atom. The van der Waals surface area contributed by atoms with Crippen LogP contribution < -0.4 is 10.1 Å². The molecular formula is C22H27NO2. The van der Waals surface area contributed by atoms with Crippen LogP contribution in [0.3, 0.4) is 0 Å². The quantitative estimate of drug-likeness (QED) is 0.656. The first-order valence-corrected chi connectivity index (χ1v) is 9.22. The summed E-state index contributed by atoms with van der Waals surface area (Å²) in [6.07, 6.45) is 7.77. The molecule has 0 atom stereocenters. The van der Waals surface area contributed by atoms with Crippen LogP contribution in [-0.2, 0) is 4.74 Å². The molecular weight excluding hydrogens is 310 g/mol. The Labute approximate surface area is 150 Å². The first-order valence-electron chi connectivity index (χ1n) is 9.22. The van der Waals surface area contributed by atoms with E-state index in [9.17, 15) is 0 Å². The summed E-state index contributed by atoms with van der Waals surface area (Å²) in [5.74, 6) is 0.888. The zero-order valence-electron chi connectivity index (χ0n) is 15.0. The van der Waals surface area contributed by atoms with Gasteiger partial charge in [-0.1, -0.05) is 43.7 Å². The van der Waals surface area contributed by atoms with Gasteiger partial charge in [-0.15, -0.1) is 0 Å². The van der Waals surface area contributed by atoms with E-state index in [2.05, 4.69) is 54.7 Å². The molecule has 25 heavy (non-hydrogen) atoms. The SMILES string of the molecule is CCCCOCCOc1ccc(-c2ccc3c(c2)C=CCCN3)cc1. The van der Waals surface area contributed by atoms with Gasteiger partial charge in [-0.05, 0) is 53.8 Å². The highest BCUT2D eigenvalue weighted by Crippen LogP contribution is 2.28. The Morgan fingerprint density at radius 2 is 1.80 bits per heavy atom. The van der Waals surface area contributed by atoms with Gasteiger partial charge in [0, 0.05) is 18.8 Å². The molecule has 3 rings (SSSR count). The second kappa shape index (κ2) is 9.28. The standard InChI is InChI=1S/C22H27NO2/c1-2-3-14-24-15-16-25-21-10-7-18(8-11-21)19-9-12-22-20(17-19)6-4-5-13-23-22/h4,6-12,17,23H,2-3,5,13-16H2,1H3. The van der Waals surface area contributed by atoms with E-state index in [0.717, 1.165) is 38.2 Å². The predicted octanol–water partition coefficient (Wildman–Crippen LogP) is 5.38. The fourth-order valence-electron chi connectivity index (χ4n) is 2.85. The van der Waals surface area contributed by atoms with E-state index in [1.165, 1.54) is 22.4 Å². The van der Waals surface area contributed by atoms with E-state index in [1.807, 2.05) is 12.1 Å². The fourth-order valence-corrected chi connectivity index (χ4v) is 2.85. The van der Waals surface area contributed by atoms with E-state index >= 15 is 0 Å². The lowest BCUT2D eigenvalue weighted by molar-refractivity contribution is 0.0981. The molecule has 0 spiro atoms. The number of rotatable bonds is 8. The molecule has 0 fully saturated rings. The molecule has 0 saturated heterocycles. The third-order valence-electron chi connectivity index (χ3n) is 4.30. The summed E-state index contributed by atoms with van der Waals surface area (Å²) >= 11 is 0. The van der Waals surface area contributed by atoms with Gasteiger partial charge >= 0.3 is 0 Å². The summed E-state index contributed by atoms with van der Waals surface area (Å²) < 4.78 is 11.3. The van der Waals surface area contributed by atoms with E-state index in [0.29, 0.717) is 13.2 Å². The van der Waals surface area contributed by atoms with Crippen molar-refractivity contribution in [2.45, 2.75) is 26.2 Å². The highest BCUT2D eigenvalue weighted by atomic mass is 16.5. The van der Waals surface area contributed by atoms with Gasteiger partial charge in [0.15, 0.2) is 0 Å². The molecule has 0 amide bonds. The number of hydrogen-bond donors (Lipinski definition) is 1. The topological polar surface area (TPSA) is 30.5 Å². The fraction of sp³-hybridized carbons (Fsp3) is 0.364. The largest absolute Gasteiger partial charge is 0.491 e. The smallest absolute Gasteiger partial charge is 0.119 e. The first-order chi connectivity index (χ1) is 12.4. The number of hydrogen-bond acceptors (Lipinski definition) is 3. The Morgan fingerprint density at radius 3 is 2.64 bits per heavy atom. The Hall–Kier alpha value is -2.26. The van der Waals surface area contributed by atoms with Crippen LogP contribution in [0.15, 0.2) is 48.5 Å². The van der Waals surface area contributed by atoms with E-state index in [4.69, 9.17) is 9.47 Å². The highest BCUT2D eigenvalue weighted by Gasteiger charge is 2.06. The molecule has 0 radical (unpaired) electrons. The monoisotopic (exact) mass is 337 g/mol. The molecule has 1 aliphatic heterocycles. The maximum absolute atomic E-state index is 5.74. The highest BCUT2D eigenvalue weighted by molar-refractivity contribution is 5.75. The third kappa shape index (κ3) is 5.10. The lowest BCUT2D eigenvalue weighted by Gasteiger charge is -2.10. The summed E-state index contributed by atoms with van der Waals surface area (Å²) in [5, 5.41) is 3.46. The lowest BCUT2D eigenvalue weighted by Crippen LogP contribution is -2.07. The van der Waals surface area contributed by atoms with Gasteiger partial charge in [-0.25, -0.2) is 0 Å². The number of unbranched alkanes of at least 4 members (excludes halogenated alkanes) is 1. The molecule has 0 aliphatic carbocycles. The van der Waals surface area contributed by atoms with Crippen molar-refractivity contribution in [3.8, 4) is 16.9 Å². The van der Waals surface area contributed by atoms with Gasteiger partial charge in [-0.3, -0.25) is 0 Å². The van der Waals surface area contributed by atoms with Gasteiger partial charge in [0.25, 0.3) is 0 Å². The zero-order chi connectivity index (χ0) is 17.3. The van der Waals surface area contributed by atoms with Crippen molar-refractivity contribution in [1.29, 1.82) is 0 Å². The average molecular weight is 337 g/mol. The average Bonchev–Trinajstić information content (AvgIpc) is 2.90. The van der Waals surface area contributed by atoms with Gasteiger partial charge in [0.2, 0.25) is 0 Å². The van der Waals surface area contributed by atoms with Crippen molar-refractivity contribution in [2.24, 2.45) is 0 Å². The molecule has 1 aliphatic rings. The molecule has 1 heterocycles. The Balaban J connectivity index is 1.58. The van der Waals surface area contributed by atoms with Gasteiger partial charge < -0.3 is 14.8 Å². The third-order valence-corrected chi connectivity index (χ3v) is 4.30. The van der Waals surface area contributed by atoms with Crippen LogP contribution >= 0.6 is 0 Å². The van der Waals surface area contributed by atoms with Gasteiger partial charge in [-0.2, -0.15) is 0 Å². The summed E-state index contributed by atoms with van der Waals surface area (Å²) in [6, 6.07) is 14.9. The number of anilines is 1. The van der Waals surface area contributed by atoms with Gasteiger partial charge in [0.05, 0.1) is 6.61 Å². The molecule has 0 saturated carbocycles. The normalized spacial score (nSPS) is 13.0. The molecule has 3 nitrogen and oxygen atoms in total. The predicted molar refractivity (Wildman–Crippen MR) is 105 cm³/mol. The molecule has 0 unspecified atom stereocenters. The summed E-state index contributed by atoms with van der Waals surface area (Å²) in [7, 11) is 0. The molecule has 2 aromatic carbocycles. The minimum atomic E-state index is 0.596. The van der Waals surface area contributed by atoms with Crippen LogP contribution in [0.4, 0.5) is 5.69 Å². The molecule has 3 heteroatoms. The number of nitrogens with one attached hydrogen (secondary N) is 1. The van der Waals surface area contributed by atoms with E-state index in [-0.39, 0.29) is 0 Å². The van der Waals surface area contributed by atoms with Gasteiger partial charge in [0.1, 0.15) is 12.4 Å². The van der Waals surface area contributed by atoms with Crippen LogP contribution in [0.25, 0.3) is 17.2 Å². The van der Waals surface area contributed by atoms with Crippen molar-refractivity contribution in [2.75, 3.05) is 31.7 Å². The van der Waals surface area contributed by atoms with E-state index in [1.54, 1.807) is 0 Å². The summed E-state index contributed by atoms with van der Waals surface area (Å²) in [6.45, 7) is 5.22. The minimum Gasteiger partial charge on any atom is -0.491 e. The van der Waals surface area contributed by atoms with Crippen LogP contribution in [0.2, 0.25) is 0 Å². The van der Waals surface area contributed by atoms with Crippen LogP contribution in [0.5, 0.6) is 5.75 Å². The molecule has 1 N–H and O–H groups in total. The maximum Gasteiger partial charge on any atom is 0.119 e. The number of benzene rings is 2. The van der Waals surface area contributed by atoms with Crippen molar-refractivity contribution < 1.29 is 9.47 Å². The minimum absolute atomic E-state index is 0.596. The van der Waals surface area contributed by atoms with Crippen LogP contribution in [-0.4, -0.2) is 26.4 Å². The van der Waals surface area contributed by atoms with Crippen molar-refractivity contribution >= 4 is 11.8 Å². The molecule has 0 aromatic heterocycles. The maximum atomic E-state index is 5.74. The molecule has 2 aromatic rings. The van der Waals surface area contributed by atoms with Crippen molar-refractivity contribution in [3.05, 3.63) is 54.1 Å². The molecule has 132 valence electrons. The molecule has 0 bridgehead atoms. The second-order valence-corrected chi connectivity index (χ2v) is 6.26. The first kappa shape index (κ1) is 17.6. The number of ether oxygens (including phenoxy) is 2. The van der Waals surface area contributed by atoms with Crippen LogP contribution in [0, 0.1) is 0 Å². The second-order valence-electron chi connectivity index (χ2n) is 6.26. The van der Waals surface area contributed by atoms with Crippen molar-refractivity contribution in [3.63, 3.8) is 0 Å². The Kier molecular flexibility index (Phi) is 6.52. The summed E-state index contributed by atoms with van der Waals surface area (Å²) in [4.78, 5) is 0. The number of fused-ring (bicyclic) bond motifs is 1. The van der Waals surface area contributed by atoms with E-state index < -0.39 is 0 Å². The summed E-state index contributed by atoms with van der Waals surface area (Å²) in [5.41, 5.74) is 4.88. The van der Waals surface area contributed by atoms with Crippen molar-refractivity contribution in [1.82, 2.24) is 0 Å². The Bertz CT molecular complexity index is 692. The van der Waals surface area contributed by atoms with Crippen LogP contribution in [0.1, 0.15) is 31.7 Å². The lowest BCUT2D eigenvalue weighted by atomic mass is 10.0. The zero-order valence-corrected chi connectivity index (χ0v) is 15.0.